The maximum absolute atomic E-state index is 11.8. The van der Waals surface area contributed by atoms with Gasteiger partial charge in [0.05, 0.1) is 5.56 Å². The summed E-state index contributed by atoms with van der Waals surface area (Å²) in [6, 6.07) is 12.1. The van der Waals surface area contributed by atoms with Crippen molar-refractivity contribution in [2.45, 2.75) is 20.3 Å². The van der Waals surface area contributed by atoms with Crippen LogP contribution in [0.1, 0.15) is 29.8 Å². The molecule has 20 heavy (non-hydrogen) atoms. The minimum absolute atomic E-state index is 0.0591. The average molecular weight is 266 g/mol. The summed E-state index contributed by atoms with van der Waals surface area (Å²) in [6.07, 6.45) is 2.83. The van der Waals surface area contributed by atoms with Gasteiger partial charge in [-0.1, -0.05) is 25.1 Å². The topological polar surface area (TPSA) is 33.2 Å². The summed E-state index contributed by atoms with van der Waals surface area (Å²) in [6.45, 7) is 4.73. The van der Waals surface area contributed by atoms with Crippen LogP contribution in [-0.4, -0.2) is 17.3 Å². The van der Waals surface area contributed by atoms with Crippen molar-refractivity contribution in [2.75, 3.05) is 11.4 Å². The number of pyridine rings is 1. The Hall–Kier alpha value is -2.16. The molecule has 1 aromatic heterocycles. The first-order chi connectivity index (χ1) is 9.66. The number of anilines is 2. The fourth-order valence-corrected chi connectivity index (χ4v) is 2.88. The molecule has 2 aromatic rings. The van der Waals surface area contributed by atoms with Crippen LogP contribution in [0.25, 0.3) is 0 Å². The fraction of sp³-hybridized carbons (Fsp3) is 0.294. The molecule has 0 saturated heterocycles. The molecule has 0 radical (unpaired) electrons. The van der Waals surface area contributed by atoms with Crippen LogP contribution in [0.5, 0.6) is 0 Å². The van der Waals surface area contributed by atoms with Crippen LogP contribution >= 0.6 is 0 Å². The van der Waals surface area contributed by atoms with E-state index in [9.17, 15) is 4.79 Å². The minimum atomic E-state index is 0.0591. The number of benzene rings is 1. The molecule has 1 aliphatic rings. The van der Waals surface area contributed by atoms with Gasteiger partial charge in [0.25, 0.3) is 0 Å². The van der Waals surface area contributed by atoms with Gasteiger partial charge >= 0.3 is 0 Å². The van der Waals surface area contributed by atoms with Crippen LogP contribution in [-0.2, 0) is 6.42 Å². The second-order valence-electron chi connectivity index (χ2n) is 5.48. The lowest BCUT2D eigenvalue weighted by atomic mass is 9.93. The summed E-state index contributed by atoms with van der Waals surface area (Å²) < 4.78 is 0. The van der Waals surface area contributed by atoms with Crippen LogP contribution in [0.3, 0.4) is 0 Å². The van der Waals surface area contributed by atoms with Crippen molar-refractivity contribution in [1.82, 2.24) is 4.98 Å². The van der Waals surface area contributed by atoms with Crippen LogP contribution in [0.15, 0.2) is 42.6 Å². The van der Waals surface area contributed by atoms with Crippen molar-refractivity contribution in [3.05, 3.63) is 53.7 Å². The summed E-state index contributed by atoms with van der Waals surface area (Å²) in [5.74, 6) is 1.38. The smallest absolute Gasteiger partial charge is 0.163 e. The summed E-state index contributed by atoms with van der Waals surface area (Å²) in [7, 11) is 0. The van der Waals surface area contributed by atoms with E-state index < -0.39 is 0 Å². The number of ketones is 1. The zero-order valence-corrected chi connectivity index (χ0v) is 11.8. The van der Waals surface area contributed by atoms with Crippen molar-refractivity contribution in [3.8, 4) is 0 Å². The Morgan fingerprint density at radius 2 is 2.05 bits per heavy atom. The molecule has 3 rings (SSSR count). The molecule has 2 heterocycles. The van der Waals surface area contributed by atoms with E-state index in [1.165, 1.54) is 11.3 Å². The minimum Gasteiger partial charge on any atom is -0.325 e. The Labute approximate surface area is 119 Å². The highest BCUT2D eigenvalue weighted by atomic mass is 16.1. The molecule has 1 atom stereocenters. The van der Waals surface area contributed by atoms with Crippen LogP contribution in [0, 0.1) is 5.92 Å². The van der Waals surface area contributed by atoms with E-state index in [0.717, 1.165) is 18.8 Å². The third-order valence-corrected chi connectivity index (χ3v) is 3.77. The number of hydrogen-bond donors (Lipinski definition) is 0. The lowest BCUT2D eigenvalue weighted by Gasteiger charge is -2.34. The highest BCUT2D eigenvalue weighted by molar-refractivity contribution is 5.99. The van der Waals surface area contributed by atoms with E-state index in [1.54, 1.807) is 13.1 Å². The Bertz CT molecular complexity index is 651. The van der Waals surface area contributed by atoms with E-state index in [1.807, 2.05) is 18.2 Å². The molecule has 0 fully saturated rings. The molecular formula is C17H18N2O. The second kappa shape index (κ2) is 5.08. The van der Waals surface area contributed by atoms with Gasteiger partial charge in [0.2, 0.25) is 0 Å². The Morgan fingerprint density at radius 1 is 1.25 bits per heavy atom. The normalized spacial score (nSPS) is 17.7. The highest BCUT2D eigenvalue weighted by Crippen LogP contribution is 2.35. The van der Waals surface area contributed by atoms with Gasteiger partial charge in [-0.2, -0.15) is 0 Å². The van der Waals surface area contributed by atoms with Crippen molar-refractivity contribution in [2.24, 2.45) is 5.92 Å². The second-order valence-corrected chi connectivity index (χ2v) is 5.48. The van der Waals surface area contributed by atoms with Gasteiger partial charge in [-0.25, -0.2) is 4.98 Å². The Morgan fingerprint density at radius 3 is 2.85 bits per heavy atom. The lowest BCUT2D eigenvalue weighted by Crippen LogP contribution is -2.32. The first-order valence-corrected chi connectivity index (χ1v) is 6.98. The van der Waals surface area contributed by atoms with Crippen LogP contribution in [0.2, 0.25) is 0 Å². The predicted octanol–water partition coefficient (Wildman–Crippen LogP) is 3.61. The number of aromatic nitrogens is 1. The molecule has 102 valence electrons. The first-order valence-electron chi connectivity index (χ1n) is 6.98. The van der Waals surface area contributed by atoms with Crippen LogP contribution in [0.4, 0.5) is 11.5 Å². The maximum Gasteiger partial charge on any atom is 0.163 e. The molecule has 0 bridgehead atoms. The molecule has 3 nitrogen and oxygen atoms in total. The average Bonchev–Trinajstić information content (AvgIpc) is 2.46. The van der Waals surface area contributed by atoms with Crippen molar-refractivity contribution >= 4 is 17.3 Å². The molecule has 0 aliphatic carbocycles. The third kappa shape index (κ3) is 2.20. The lowest BCUT2D eigenvalue weighted by molar-refractivity contribution is 0.101. The molecule has 0 N–H and O–H groups in total. The molecule has 0 saturated carbocycles. The third-order valence-electron chi connectivity index (χ3n) is 3.77. The van der Waals surface area contributed by atoms with Gasteiger partial charge < -0.3 is 4.90 Å². The van der Waals surface area contributed by atoms with Gasteiger partial charge in [0, 0.05) is 18.4 Å². The molecule has 1 aliphatic heterocycles. The van der Waals surface area contributed by atoms with Crippen molar-refractivity contribution in [3.63, 3.8) is 0 Å². The number of Topliss-reactive ketones (excluding diaryl/α,β-unsaturated/α-hetero) is 1. The number of nitrogens with zero attached hydrogens (tertiary/aromatic N) is 2. The fourth-order valence-electron chi connectivity index (χ4n) is 2.88. The highest BCUT2D eigenvalue weighted by Gasteiger charge is 2.25. The monoisotopic (exact) mass is 266 g/mol. The number of carbonyl (C=O) groups excluding carboxylic acids is 1. The van der Waals surface area contributed by atoms with Gasteiger partial charge in [-0.15, -0.1) is 0 Å². The zero-order chi connectivity index (χ0) is 14.1. The molecule has 1 unspecified atom stereocenters. The Kier molecular flexibility index (Phi) is 3.26. The van der Waals surface area contributed by atoms with E-state index in [0.29, 0.717) is 11.5 Å². The predicted molar refractivity (Wildman–Crippen MR) is 80.6 cm³/mol. The van der Waals surface area contributed by atoms with E-state index >= 15 is 0 Å². The van der Waals surface area contributed by atoms with Gasteiger partial charge in [0.1, 0.15) is 5.82 Å². The molecule has 0 spiro atoms. The number of rotatable bonds is 2. The summed E-state index contributed by atoms with van der Waals surface area (Å²) in [4.78, 5) is 18.5. The van der Waals surface area contributed by atoms with Gasteiger partial charge in [-0.05, 0) is 43.0 Å². The number of carbonyl (C=O) groups is 1. The van der Waals surface area contributed by atoms with Crippen molar-refractivity contribution in [1.29, 1.82) is 0 Å². The first kappa shape index (κ1) is 12.9. The van der Waals surface area contributed by atoms with Crippen LogP contribution < -0.4 is 4.90 Å². The van der Waals surface area contributed by atoms with Gasteiger partial charge in [-0.3, -0.25) is 4.79 Å². The van der Waals surface area contributed by atoms with Gasteiger partial charge in [0.15, 0.2) is 5.78 Å². The van der Waals surface area contributed by atoms with E-state index in [-0.39, 0.29) is 5.78 Å². The zero-order valence-electron chi connectivity index (χ0n) is 11.8. The number of fused-ring (bicyclic) bond motifs is 1. The Balaban J connectivity index is 2.13. The molecule has 1 aromatic carbocycles. The summed E-state index contributed by atoms with van der Waals surface area (Å²) in [5.41, 5.74) is 3.19. The summed E-state index contributed by atoms with van der Waals surface area (Å²) in [5, 5.41) is 0. The molecule has 3 heteroatoms. The number of hydrogen-bond acceptors (Lipinski definition) is 3. The SMILES string of the molecule is CC(=O)c1cccnc1N1CC(C)Cc2ccccc21. The van der Waals surface area contributed by atoms with E-state index in [4.69, 9.17) is 0 Å². The molecule has 0 amide bonds. The number of para-hydroxylation sites is 1. The largest absolute Gasteiger partial charge is 0.325 e. The quantitative estimate of drug-likeness (QED) is 0.778. The summed E-state index contributed by atoms with van der Waals surface area (Å²) >= 11 is 0. The van der Waals surface area contributed by atoms with Crippen molar-refractivity contribution < 1.29 is 4.79 Å². The molecular weight excluding hydrogens is 248 g/mol. The maximum atomic E-state index is 11.8. The van der Waals surface area contributed by atoms with E-state index in [2.05, 4.69) is 35.0 Å². The standard InChI is InChI=1S/C17H18N2O/c1-12-10-14-6-3-4-8-16(14)19(11-12)17-15(13(2)20)7-5-9-18-17/h3-9,12H,10-11H2,1-2H3.